The lowest BCUT2D eigenvalue weighted by molar-refractivity contribution is 0.978. The van der Waals surface area contributed by atoms with E-state index in [4.69, 9.17) is 11.6 Å². The van der Waals surface area contributed by atoms with Crippen molar-refractivity contribution in [2.75, 3.05) is 11.9 Å². The van der Waals surface area contributed by atoms with Gasteiger partial charge >= 0.3 is 0 Å². The van der Waals surface area contributed by atoms with Gasteiger partial charge in [0.05, 0.1) is 11.3 Å². The van der Waals surface area contributed by atoms with E-state index in [0.717, 1.165) is 11.4 Å². The Labute approximate surface area is 101 Å². The van der Waals surface area contributed by atoms with Crippen molar-refractivity contribution in [3.8, 4) is 0 Å². The second-order valence-corrected chi connectivity index (χ2v) is 4.35. The molecule has 7 heteroatoms. The molecule has 0 radical (unpaired) electrons. The molecule has 0 aliphatic rings. The summed E-state index contributed by atoms with van der Waals surface area (Å²) in [5, 5.41) is 6.04. The van der Waals surface area contributed by atoms with Crippen LogP contribution >= 0.6 is 22.9 Å². The maximum absolute atomic E-state index is 11.2. The van der Waals surface area contributed by atoms with Gasteiger partial charge in [-0.2, -0.15) is 0 Å². The molecule has 0 saturated carbocycles. The molecular weight excluding hydrogens is 248 g/mol. The average molecular weight is 257 g/mol. The number of halogens is 1. The standard InChI is InChI=1S/C9H9ClN4OS/c10-7-8(13-5-14-9(7)15)12-2-1-6-11-3-4-16-6/h3-5H,1-2H2,(H2,12,13,14,15). The molecule has 0 amide bonds. The van der Waals surface area contributed by atoms with Crippen LogP contribution in [0.4, 0.5) is 5.82 Å². The molecule has 0 bridgehead atoms. The SMILES string of the molecule is O=c1[nH]cnc(NCCc2nccs2)c1Cl. The van der Waals surface area contributed by atoms with Crippen LogP contribution in [0.2, 0.25) is 5.02 Å². The number of thiazole rings is 1. The van der Waals surface area contributed by atoms with Gasteiger partial charge in [0.1, 0.15) is 5.02 Å². The number of H-pyrrole nitrogens is 1. The number of nitrogens with zero attached hydrogens (tertiary/aromatic N) is 2. The summed E-state index contributed by atoms with van der Waals surface area (Å²) in [6.45, 7) is 0.643. The maximum atomic E-state index is 11.2. The van der Waals surface area contributed by atoms with Gasteiger partial charge in [-0.25, -0.2) is 9.97 Å². The smallest absolute Gasteiger partial charge is 0.271 e. The van der Waals surface area contributed by atoms with Crippen LogP contribution in [-0.2, 0) is 6.42 Å². The number of hydrogen-bond acceptors (Lipinski definition) is 5. The van der Waals surface area contributed by atoms with E-state index in [1.807, 2.05) is 5.38 Å². The molecule has 2 aromatic heterocycles. The van der Waals surface area contributed by atoms with Crippen LogP contribution in [0, 0.1) is 0 Å². The molecule has 0 aliphatic heterocycles. The third kappa shape index (κ3) is 2.59. The van der Waals surface area contributed by atoms with Crippen molar-refractivity contribution in [2.24, 2.45) is 0 Å². The Hall–Kier alpha value is -1.40. The van der Waals surface area contributed by atoms with E-state index in [9.17, 15) is 4.79 Å². The number of aromatic amines is 1. The Morgan fingerprint density at radius 1 is 1.50 bits per heavy atom. The van der Waals surface area contributed by atoms with Crippen LogP contribution in [0.25, 0.3) is 0 Å². The highest BCUT2D eigenvalue weighted by Gasteiger charge is 2.04. The van der Waals surface area contributed by atoms with Gasteiger partial charge in [-0.15, -0.1) is 11.3 Å². The molecule has 16 heavy (non-hydrogen) atoms. The molecule has 0 unspecified atom stereocenters. The lowest BCUT2D eigenvalue weighted by Crippen LogP contribution is -2.13. The van der Waals surface area contributed by atoms with Crippen molar-refractivity contribution in [2.45, 2.75) is 6.42 Å². The fraction of sp³-hybridized carbons (Fsp3) is 0.222. The highest BCUT2D eigenvalue weighted by molar-refractivity contribution is 7.09. The summed E-state index contributed by atoms with van der Waals surface area (Å²) in [6, 6.07) is 0. The van der Waals surface area contributed by atoms with E-state index >= 15 is 0 Å². The summed E-state index contributed by atoms with van der Waals surface area (Å²) in [5.74, 6) is 0.405. The Kier molecular flexibility index (Phi) is 3.53. The second-order valence-electron chi connectivity index (χ2n) is 3.00. The maximum Gasteiger partial charge on any atom is 0.271 e. The normalized spacial score (nSPS) is 10.3. The van der Waals surface area contributed by atoms with E-state index in [1.54, 1.807) is 17.5 Å². The van der Waals surface area contributed by atoms with E-state index in [-0.39, 0.29) is 10.6 Å². The Balaban J connectivity index is 1.95. The first-order valence-electron chi connectivity index (χ1n) is 4.63. The predicted octanol–water partition coefficient (Wildman–Crippen LogP) is 1.53. The zero-order valence-corrected chi connectivity index (χ0v) is 9.81. The summed E-state index contributed by atoms with van der Waals surface area (Å²) < 4.78 is 0. The van der Waals surface area contributed by atoms with Crippen LogP contribution in [-0.4, -0.2) is 21.5 Å². The van der Waals surface area contributed by atoms with Gasteiger partial charge in [-0.1, -0.05) is 11.6 Å². The van der Waals surface area contributed by atoms with Crippen molar-refractivity contribution < 1.29 is 0 Å². The van der Waals surface area contributed by atoms with Gasteiger partial charge in [0.15, 0.2) is 5.82 Å². The van der Waals surface area contributed by atoms with Gasteiger partial charge in [0, 0.05) is 24.5 Å². The summed E-state index contributed by atoms with van der Waals surface area (Å²) in [4.78, 5) is 21.6. The van der Waals surface area contributed by atoms with Crippen LogP contribution in [0.15, 0.2) is 22.7 Å². The minimum Gasteiger partial charge on any atom is -0.368 e. The van der Waals surface area contributed by atoms with E-state index in [1.165, 1.54) is 6.33 Å². The fourth-order valence-electron chi connectivity index (χ4n) is 1.17. The number of hydrogen-bond donors (Lipinski definition) is 2. The van der Waals surface area contributed by atoms with Gasteiger partial charge < -0.3 is 10.3 Å². The molecule has 0 saturated heterocycles. The third-order valence-electron chi connectivity index (χ3n) is 1.91. The lowest BCUT2D eigenvalue weighted by Gasteiger charge is -2.04. The molecule has 84 valence electrons. The highest BCUT2D eigenvalue weighted by atomic mass is 35.5. The van der Waals surface area contributed by atoms with Crippen molar-refractivity contribution in [1.29, 1.82) is 0 Å². The van der Waals surface area contributed by atoms with Crippen molar-refractivity contribution in [1.82, 2.24) is 15.0 Å². The third-order valence-corrected chi connectivity index (χ3v) is 3.10. The molecular formula is C9H9ClN4OS. The zero-order valence-electron chi connectivity index (χ0n) is 8.24. The lowest BCUT2D eigenvalue weighted by atomic mass is 10.4. The molecule has 0 atom stereocenters. The molecule has 2 N–H and O–H groups in total. The monoisotopic (exact) mass is 256 g/mol. The molecule has 0 spiro atoms. The number of nitrogens with one attached hydrogen (secondary N) is 2. The van der Waals surface area contributed by atoms with Crippen molar-refractivity contribution in [3.63, 3.8) is 0 Å². The quantitative estimate of drug-likeness (QED) is 0.871. The molecule has 0 aromatic carbocycles. The number of aromatic nitrogens is 3. The van der Waals surface area contributed by atoms with Gasteiger partial charge in [-0.05, 0) is 0 Å². The largest absolute Gasteiger partial charge is 0.368 e. The first-order valence-corrected chi connectivity index (χ1v) is 5.88. The van der Waals surface area contributed by atoms with Crippen molar-refractivity contribution in [3.05, 3.63) is 38.3 Å². The van der Waals surface area contributed by atoms with Gasteiger partial charge in [-0.3, -0.25) is 4.79 Å². The minimum absolute atomic E-state index is 0.0849. The van der Waals surface area contributed by atoms with Crippen LogP contribution in [0.3, 0.4) is 0 Å². The van der Waals surface area contributed by atoms with Crippen LogP contribution < -0.4 is 10.9 Å². The molecule has 2 aromatic rings. The Morgan fingerprint density at radius 3 is 3.12 bits per heavy atom. The van der Waals surface area contributed by atoms with Gasteiger partial charge in [0.25, 0.3) is 5.56 Å². The van der Waals surface area contributed by atoms with Gasteiger partial charge in [0.2, 0.25) is 0 Å². The van der Waals surface area contributed by atoms with E-state index in [0.29, 0.717) is 12.4 Å². The predicted molar refractivity (Wildman–Crippen MR) is 64.2 cm³/mol. The number of rotatable bonds is 4. The second kappa shape index (κ2) is 5.09. The molecule has 5 nitrogen and oxygen atoms in total. The zero-order chi connectivity index (χ0) is 11.4. The van der Waals surface area contributed by atoms with Crippen LogP contribution in [0.5, 0.6) is 0 Å². The first kappa shape index (κ1) is 11.1. The molecule has 2 heterocycles. The molecule has 2 rings (SSSR count). The summed E-state index contributed by atoms with van der Waals surface area (Å²) >= 11 is 7.37. The van der Waals surface area contributed by atoms with E-state index in [2.05, 4.69) is 20.3 Å². The fourth-order valence-corrected chi connectivity index (χ4v) is 1.96. The molecule has 0 fully saturated rings. The Bertz CT molecular complexity index is 510. The van der Waals surface area contributed by atoms with Crippen molar-refractivity contribution >= 4 is 28.8 Å². The van der Waals surface area contributed by atoms with Crippen LogP contribution in [0.1, 0.15) is 5.01 Å². The number of anilines is 1. The Morgan fingerprint density at radius 2 is 2.38 bits per heavy atom. The average Bonchev–Trinajstić information content (AvgIpc) is 2.77. The summed E-state index contributed by atoms with van der Waals surface area (Å²) in [7, 11) is 0. The first-order chi connectivity index (χ1) is 7.77. The topological polar surface area (TPSA) is 70.7 Å². The summed E-state index contributed by atoms with van der Waals surface area (Å²) in [6.07, 6.45) is 3.86. The minimum atomic E-state index is -0.339. The highest BCUT2D eigenvalue weighted by Crippen LogP contribution is 2.12. The van der Waals surface area contributed by atoms with E-state index < -0.39 is 0 Å². The summed E-state index contributed by atoms with van der Waals surface area (Å²) in [5.41, 5.74) is -0.339. The molecule has 0 aliphatic carbocycles.